The van der Waals surface area contributed by atoms with Gasteiger partial charge in [0.2, 0.25) is 0 Å². The number of nitrogens with two attached hydrogens (primary N) is 1. The second-order valence-corrected chi connectivity index (χ2v) is 7.30. The van der Waals surface area contributed by atoms with Crippen LogP contribution in [0.15, 0.2) is 36.4 Å². The van der Waals surface area contributed by atoms with Gasteiger partial charge in [0.15, 0.2) is 0 Å². The van der Waals surface area contributed by atoms with Crippen LogP contribution in [0, 0.1) is 18.8 Å². The highest BCUT2D eigenvalue weighted by Gasteiger charge is 2.55. The van der Waals surface area contributed by atoms with Crippen LogP contribution in [0.5, 0.6) is 0 Å². The van der Waals surface area contributed by atoms with Crippen LogP contribution in [0.25, 0.3) is 0 Å². The molecule has 0 bridgehead atoms. The molecular weight excluding hydrogens is 250 g/mol. The summed E-state index contributed by atoms with van der Waals surface area (Å²) in [6, 6.07) is 13.6. The van der Waals surface area contributed by atoms with Crippen LogP contribution in [-0.4, -0.2) is 0 Å². The summed E-state index contributed by atoms with van der Waals surface area (Å²) in [5, 5.41) is 0. The fraction of sp³-hybridized carbons (Fsp3) is 0.412. The first-order valence-corrected chi connectivity index (χ1v) is 7.97. The van der Waals surface area contributed by atoms with Crippen molar-refractivity contribution in [2.24, 2.45) is 17.6 Å². The van der Waals surface area contributed by atoms with Crippen molar-refractivity contribution in [3.05, 3.63) is 57.3 Å². The number of hydrogen-bond acceptors (Lipinski definition) is 2. The number of fused-ring (bicyclic) bond motifs is 3. The minimum atomic E-state index is 0.236. The van der Waals surface area contributed by atoms with Crippen molar-refractivity contribution in [3.8, 4) is 0 Å². The molecule has 19 heavy (non-hydrogen) atoms. The maximum atomic E-state index is 6.54. The Kier molecular flexibility index (Phi) is 2.58. The zero-order valence-electron chi connectivity index (χ0n) is 11.2. The predicted molar refractivity (Wildman–Crippen MR) is 80.5 cm³/mol. The molecule has 4 unspecified atom stereocenters. The van der Waals surface area contributed by atoms with E-state index in [9.17, 15) is 0 Å². The largest absolute Gasteiger partial charge is 0.323 e. The molecule has 4 rings (SSSR count). The number of rotatable bonds is 2. The molecule has 2 aliphatic carbocycles. The maximum absolute atomic E-state index is 6.54. The van der Waals surface area contributed by atoms with Gasteiger partial charge in [-0.1, -0.05) is 24.3 Å². The minimum absolute atomic E-state index is 0.236. The van der Waals surface area contributed by atoms with Gasteiger partial charge in [0.1, 0.15) is 0 Å². The van der Waals surface area contributed by atoms with Gasteiger partial charge in [0, 0.05) is 15.8 Å². The lowest BCUT2D eigenvalue weighted by atomic mass is 9.92. The molecule has 98 valence electrons. The Bertz CT molecular complexity index is 615. The highest BCUT2D eigenvalue weighted by molar-refractivity contribution is 7.12. The molecule has 0 saturated heterocycles. The smallest absolute Gasteiger partial charge is 0.0427 e. The average Bonchev–Trinajstić information content (AvgIpc) is 3.03. The molecule has 1 aromatic heterocycles. The zero-order chi connectivity index (χ0) is 13.0. The number of hydrogen-bond donors (Lipinski definition) is 1. The topological polar surface area (TPSA) is 26.0 Å². The third-order valence-corrected chi connectivity index (χ3v) is 6.00. The van der Waals surface area contributed by atoms with E-state index in [1.807, 2.05) is 11.3 Å². The standard InChI is InChI=1S/C17H19NS/c1-10-6-9-14(19-10)17(18)16-13-8-7-11-4-2-3-5-12(11)15(13)16/h2-6,9,13,15-17H,7-8,18H2,1H3. The van der Waals surface area contributed by atoms with Gasteiger partial charge >= 0.3 is 0 Å². The number of thiophene rings is 1. The second kappa shape index (κ2) is 4.19. The van der Waals surface area contributed by atoms with Crippen LogP contribution in [0.1, 0.15) is 39.3 Å². The molecule has 1 heterocycles. The van der Waals surface area contributed by atoms with Crippen LogP contribution in [-0.2, 0) is 6.42 Å². The van der Waals surface area contributed by atoms with Crippen molar-refractivity contribution in [1.82, 2.24) is 0 Å². The van der Waals surface area contributed by atoms with Crippen molar-refractivity contribution < 1.29 is 0 Å². The molecule has 0 aliphatic heterocycles. The molecule has 2 heteroatoms. The van der Waals surface area contributed by atoms with E-state index in [0.29, 0.717) is 5.92 Å². The average molecular weight is 269 g/mol. The monoisotopic (exact) mass is 269 g/mol. The summed E-state index contributed by atoms with van der Waals surface area (Å²) >= 11 is 1.87. The van der Waals surface area contributed by atoms with Crippen LogP contribution in [0.4, 0.5) is 0 Å². The summed E-state index contributed by atoms with van der Waals surface area (Å²) in [5.74, 6) is 2.22. The Morgan fingerprint density at radius 3 is 2.84 bits per heavy atom. The molecule has 1 nitrogen and oxygen atoms in total. The molecule has 2 aliphatic rings. The Morgan fingerprint density at radius 1 is 1.21 bits per heavy atom. The van der Waals surface area contributed by atoms with E-state index >= 15 is 0 Å². The van der Waals surface area contributed by atoms with Crippen LogP contribution < -0.4 is 5.73 Å². The molecule has 0 radical (unpaired) electrons. The molecule has 1 aromatic carbocycles. The lowest BCUT2D eigenvalue weighted by Gasteiger charge is -2.13. The third-order valence-electron chi connectivity index (χ3n) is 4.90. The number of aryl methyl sites for hydroxylation is 2. The van der Waals surface area contributed by atoms with Crippen molar-refractivity contribution in [2.75, 3.05) is 0 Å². The minimum Gasteiger partial charge on any atom is -0.323 e. The summed E-state index contributed by atoms with van der Waals surface area (Å²) in [6.45, 7) is 2.16. The second-order valence-electron chi connectivity index (χ2n) is 5.98. The first-order valence-electron chi connectivity index (χ1n) is 7.15. The van der Waals surface area contributed by atoms with E-state index in [-0.39, 0.29) is 6.04 Å². The van der Waals surface area contributed by atoms with Crippen molar-refractivity contribution >= 4 is 11.3 Å². The van der Waals surface area contributed by atoms with Gasteiger partial charge in [0.05, 0.1) is 0 Å². The van der Waals surface area contributed by atoms with Crippen molar-refractivity contribution in [1.29, 1.82) is 0 Å². The van der Waals surface area contributed by atoms with Gasteiger partial charge < -0.3 is 5.73 Å². The molecule has 4 atom stereocenters. The highest BCUT2D eigenvalue weighted by Crippen LogP contribution is 2.63. The zero-order valence-corrected chi connectivity index (χ0v) is 12.0. The molecule has 1 saturated carbocycles. The van der Waals surface area contributed by atoms with Gasteiger partial charge in [-0.3, -0.25) is 0 Å². The fourth-order valence-electron chi connectivity index (χ4n) is 3.93. The van der Waals surface area contributed by atoms with E-state index in [0.717, 1.165) is 11.8 Å². The van der Waals surface area contributed by atoms with Gasteiger partial charge in [0.25, 0.3) is 0 Å². The Morgan fingerprint density at radius 2 is 2.05 bits per heavy atom. The summed E-state index contributed by atoms with van der Waals surface area (Å²) in [7, 11) is 0. The SMILES string of the molecule is Cc1ccc(C(N)C2C3CCc4ccccc4C32)s1. The summed E-state index contributed by atoms with van der Waals surface area (Å²) < 4.78 is 0. The first kappa shape index (κ1) is 11.7. The number of benzene rings is 1. The molecule has 2 aromatic rings. The first-order chi connectivity index (χ1) is 9.25. The quantitative estimate of drug-likeness (QED) is 0.875. The Labute approximate surface area is 118 Å². The van der Waals surface area contributed by atoms with Gasteiger partial charge in [-0.05, 0) is 60.8 Å². The van der Waals surface area contributed by atoms with E-state index in [4.69, 9.17) is 5.73 Å². The van der Waals surface area contributed by atoms with Crippen LogP contribution >= 0.6 is 11.3 Å². The van der Waals surface area contributed by atoms with E-state index in [1.54, 1.807) is 11.1 Å². The molecule has 1 fully saturated rings. The molecular formula is C17H19NS. The van der Waals surface area contributed by atoms with Crippen LogP contribution in [0.3, 0.4) is 0 Å². The molecule has 0 spiro atoms. The highest BCUT2D eigenvalue weighted by atomic mass is 32.1. The molecule has 0 amide bonds. The fourth-order valence-corrected chi connectivity index (χ4v) is 4.87. The van der Waals surface area contributed by atoms with Gasteiger partial charge in [-0.25, -0.2) is 0 Å². The van der Waals surface area contributed by atoms with Crippen molar-refractivity contribution in [2.45, 2.75) is 31.7 Å². The lowest BCUT2D eigenvalue weighted by Crippen LogP contribution is -2.12. The lowest BCUT2D eigenvalue weighted by molar-refractivity contribution is 0.562. The Hall–Kier alpha value is -1.12. The van der Waals surface area contributed by atoms with E-state index < -0.39 is 0 Å². The Balaban J connectivity index is 1.63. The van der Waals surface area contributed by atoms with Gasteiger partial charge in [-0.2, -0.15) is 0 Å². The summed E-state index contributed by atoms with van der Waals surface area (Å²) in [4.78, 5) is 2.74. The summed E-state index contributed by atoms with van der Waals surface area (Å²) in [5.41, 5.74) is 9.67. The summed E-state index contributed by atoms with van der Waals surface area (Å²) in [6.07, 6.45) is 2.56. The van der Waals surface area contributed by atoms with Crippen LogP contribution in [0.2, 0.25) is 0 Å². The van der Waals surface area contributed by atoms with E-state index in [1.165, 1.54) is 22.6 Å². The van der Waals surface area contributed by atoms with Gasteiger partial charge in [-0.15, -0.1) is 11.3 Å². The maximum Gasteiger partial charge on any atom is 0.0427 e. The van der Waals surface area contributed by atoms with Crippen molar-refractivity contribution in [3.63, 3.8) is 0 Å². The molecule has 2 N–H and O–H groups in total. The predicted octanol–water partition coefficient (Wildman–Crippen LogP) is 4.03. The third kappa shape index (κ3) is 1.78. The normalized spacial score (nSPS) is 29.5. The van der Waals surface area contributed by atoms with E-state index in [2.05, 4.69) is 43.3 Å².